The third-order valence-corrected chi connectivity index (χ3v) is 5.37. The van der Waals surface area contributed by atoms with Crippen LogP contribution in [0, 0.1) is 6.92 Å². The van der Waals surface area contributed by atoms with E-state index < -0.39 is 11.5 Å². The fourth-order valence-corrected chi connectivity index (χ4v) is 3.55. The maximum atomic E-state index is 13.0. The van der Waals surface area contributed by atoms with E-state index in [1.165, 1.54) is 12.1 Å². The van der Waals surface area contributed by atoms with Gasteiger partial charge in [-0.1, -0.05) is 35.9 Å². The Morgan fingerprint density at radius 2 is 1.93 bits per heavy atom. The molecule has 30 heavy (non-hydrogen) atoms. The third kappa shape index (κ3) is 3.97. The van der Waals surface area contributed by atoms with Crippen LogP contribution in [0.1, 0.15) is 21.6 Å². The van der Waals surface area contributed by atoms with E-state index in [4.69, 9.17) is 11.6 Å². The van der Waals surface area contributed by atoms with Crippen molar-refractivity contribution >= 4 is 34.8 Å². The van der Waals surface area contributed by atoms with Crippen LogP contribution in [-0.4, -0.2) is 28.1 Å². The topological polar surface area (TPSA) is 84.3 Å². The lowest BCUT2D eigenvalue weighted by molar-refractivity contribution is -0.117. The van der Waals surface area contributed by atoms with Gasteiger partial charge in [-0.05, 0) is 48.7 Å². The molecule has 1 aromatic heterocycles. The molecule has 152 valence electrons. The summed E-state index contributed by atoms with van der Waals surface area (Å²) >= 11 is 6.08. The molecule has 2 heterocycles. The lowest BCUT2D eigenvalue weighted by Gasteiger charge is -2.17. The molecule has 0 saturated carbocycles. The van der Waals surface area contributed by atoms with Crippen LogP contribution in [0.25, 0.3) is 0 Å². The summed E-state index contributed by atoms with van der Waals surface area (Å²) in [7, 11) is 0. The van der Waals surface area contributed by atoms with E-state index in [-0.39, 0.29) is 18.1 Å². The van der Waals surface area contributed by atoms with Crippen molar-refractivity contribution < 1.29 is 9.59 Å². The summed E-state index contributed by atoms with van der Waals surface area (Å²) in [5.41, 5.74) is 2.99. The maximum absolute atomic E-state index is 13.0. The largest absolute Gasteiger partial charge is 0.324 e. The number of hydrogen-bond donors (Lipinski definition) is 1. The SMILES string of the molecule is Cc1ccc(NC(=O)Cn2nc(C(=O)N3CCc4ccccc43)ccc2=O)cc1Cl. The van der Waals surface area contributed by atoms with Gasteiger partial charge in [-0.2, -0.15) is 5.10 Å². The molecule has 0 atom stereocenters. The lowest BCUT2D eigenvalue weighted by Crippen LogP contribution is -2.34. The highest BCUT2D eigenvalue weighted by molar-refractivity contribution is 6.31. The average Bonchev–Trinajstić information content (AvgIpc) is 3.16. The second kappa shape index (κ2) is 8.12. The van der Waals surface area contributed by atoms with E-state index in [0.29, 0.717) is 17.3 Å². The van der Waals surface area contributed by atoms with Gasteiger partial charge in [0.05, 0.1) is 0 Å². The summed E-state index contributed by atoms with van der Waals surface area (Å²) in [6, 6.07) is 15.5. The number of aryl methyl sites for hydroxylation is 1. The number of halogens is 1. The van der Waals surface area contributed by atoms with Gasteiger partial charge in [0.2, 0.25) is 5.91 Å². The Kier molecular flexibility index (Phi) is 5.37. The van der Waals surface area contributed by atoms with Gasteiger partial charge in [0, 0.05) is 29.0 Å². The number of nitrogens with one attached hydrogen (secondary N) is 1. The highest BCUT2D eigenvalue weighted by Crippen LogP contribution is 2.28. The Balaban J connectivity index is 1.52. The van der Waals surface area contributed by atoms with Gasteiger partial charge in [-0.25, -0.2) is 4.68 Å². The van der Waals surface area contributed by atoms with E-state index in [0.717, 1.165) is 27.9 Å². The van der Waals surface area contributed by atoms with Crippen molar-refractivity contribution in [1.29, 1.82) is 0 Å². The number of carbonyl (C=O) groups is 2. The Bertz CT molecular complexity index is 1200. The Hall–Kier alpha value is -3.45. The van der Waals surface area contributed by atoms with Gasteiger partial charge >= 0.3 is 0 Å². The number of fused-ring (bicyclic) bond motifs is 1. The first-order valence-electron chi connectivity index (χ1n) is 9.46. The third-order valence-electron chi connectivity index (χ3n) is 4.97. The molecule has 0 aliphatic carbocycles. The van der Waals surface area contributed by atoms with Gasteiger partial charge in [0.1, 0.15) is 12.2 Å². The molecule has 0 bridgehead atoms. The molecule has 4 rings (SSSR count). The summed E-state index contributed by atoms with van der Waals surface area (Å²) in [5, 5.41) is 7.34. The first-order valence-corrected chi connectivity index (χ1v) is 9.84. The first kappa shape index (κ1) is 19.8. The fourth-order valence-electron chi connectivity index (χ4n) is 3.37. The smallest absolute Gasteiger partial charge is 0.278 e. The number of rotatable bonds is 4. The minimum absolute atomic E-state index is 0.109. The van der Waals surface area contributed by atoms with E-state index in [9.17, 15) is 14.4 Å². The molecular formula is C22H19ClN4O3. The number of aromatic nitrogens is 2. The summed E-state index contributed by atoms with van der Waals surface area (Å²) in [5.74, 6) is -0.750. The minimum atomic E-state index is -0.467. The van der Waals surface area contributed by atoms with Crippen LogP contribution in [0.4, 0.5) is 11.4 Å². The van der Waals surface area contributed by atoms with Crippen LogP contribution in [0.5, 0.6) is 0 Å². The van der Waals surface area contributed by atoms with Crippen molar-refractivity contribution in [2.75, 3.05) is 16.8 Å². The molecule has 0 unspecified atom stereocenters. The Morgan fingerprint density at radius 3 is 2.73 bits per heavy atom. The summed E-state index contributed by atoms with van der Waals surface area (Å²) in [6.07, 6.45) is 0.767. The molecule has 1 N–H and O–H groups in total. The summed E-state index contributed by atoms with van der Waals surface area (Å²) < 4.78 is 0.986. The quantitative estimate of drug-likeness (QED) is 0.700. The summed E-state index contributed by atoms with van der Waals surface area (Å²) in [6.45, 7) is 2.09. The molecule has 0 radical (unpaired) electrons. The van der Waals surface area contributed by atoms with Crippen LogP contribution >= 0.6 is 11.6 Å². The van der Waals surface area contributed by atoms with Gasteiger partial charge in [-0.3, -0.25) is 14.4 Å². The van der Waals surface area contributed by atoms with Crippen molar-refractivity contribution in [2.45, 2.75) is 19.9 Å². The second-order valence-electron chi connectivity index (χ2n) is 7.06. The first-order chi connectivity index (χ1) is 14.4. The normalized spacial score (nSPS) is 12.5. The monoisotopic (exact) mass is 422 g/mol. The Morgan fingerprint density at radius 1 is 1.13 bits per heavy atom. The predicted octanol–water partition coefficient (Wildman–Crippen LogP) is 3.05. The van der Waals surface area contributed by atoms with Gasteiger partial charge in [-0.15, -0.1) is 0 Å². The predicted molar refractivity (Wildman–Crippen MR) is 115 cm³/mol. The molecule has 7 nitrogen and oxygen atoms in total. The van der Waals surface area contributed by atoms with E-state index >= 15 is 0 Å². The second-order valence-corrected chi connectivity index (χ2v) is 7.47. The van der Waals surface area contributed by atoms with Crippen molar-refractivity contribution in [3.05, 3.63) is 86.8 Å². The molecule has 3 aromatic rings. The van der Waals surface area contributed by atoms with Crippen LogP contribution in [-0.2, 0) is 17.8 Å². The molecule has 0 fully saturated rings. The fraction of sp³-hybridized carbons (Fsp3) is 0.182. The Labute approximate surface area is 177 Å². The van der Waals surface area contributed by atoms with Crippen LogP contribution in [0.3, 0.4) is 0 Å². The zero-order valence-electron chi connectivity index (χ0n) is 16.3. The van der Waals surface area contributed by atoms with Crippen LogP contribution < -0.4 is 15.8 Å². The van der Waals surface area contributed by atoms with Crippen molar-refractivity contribution in [1.82, 2.24) is 9.78 Å². The van der Waals surface area contributed by atoms with Gasteiger partial charge < -0.3 is 10.2 Å². The molecule has 1 aliphatic rings. The highest BCUT2D eigenvalue weighted by atomic mass is 35.5. The maximum Gasteiger partial charge on any atom is 0.278 e. The number of hydrogen-bond acceptors (Lipinski definition) is 4. The molecule has 2 aromatic carbocycles. The highest BCUT2D eigenvalue weighted by Gasteiger charge is 2.26. The summed E-state index contributed by atoms with van der Waals surface area (Å²) in [4.78, 5) is 39.1. The molecule has 0 saturated heterocycles. The van der Waals surface area contributed by atoms with Crippen molar-refractivity contribution in [2.24, 2.45) is 0 Å². The van der Waals surface area contributed by atoms with Crippen molar-refractivity contribution in [3.63, 3.8) is 0 Å². The lowest BCUT2D eigenvalue weighted by atomic mass is 10.2. The number of benzene rings is 2. The van der Waals surface area contributed by atoms with E-state index in [1.807, 2.05) is 31.2 Å². The molecule has 2 amide bonds. The zero-order chi connectivity index (χ0) is 21.3. The number of carbonyl (C=O) groups excluding carboxylic acids is 2. The molecule has 1 aliphatic heterocycles. The number of para-hydroxylation sites is 1. The van der Waals surface area contributed by atoms with Crippen LogP contribution in [0.15, 0.2) is 59.4 Å². The van der Waals surface area contributed by atoms with Crippen LogP contribution in [0.2, 0.25) is 5.02 Å². The number of nitrogens with zero attached hydrogens (tertiary/aromatic N) is 3. The minimum Gasteiger partial charge on any atom is -0.324 e. The number of anilines is 2. The molecular weight excluding hydrogens is 404 g/mol. The molecule has 0 spiro atoms. The van der Waals surface area contributed by atoms with E-state index in [1.54, 1.807) is 23.1 Å². The van der Waals surface area contributed by atoms with Gasteiger partial charge in [0.25, 0.3) is 11.5 Å². The zero-order valence-corrected chi connectivity index (χ0v) is 17.0. The molecule has 8 heteroatoms. The van der Waals surface area contributed by atoms with Crippen molar-refractivity contribution in [3.8, 4) is 0 Å². The average molecular weight is 423 g/mol. The van der Waals surface area contributed by atoms with Gasteiger partial charge in [0.15, 0.2) is 0 Å². The number of amides is 2. The standard InChI is InChI=1S/C22H19ClN4O3/c1-14-6-7-16(12-17(14)23)24-20(28)13-27-21(29)9-8-18(25-27)22(30)26-11-10-15-4-2-3-5-19(15)26/h2-9,12H,10-11,13H2,1H3,(H,24,28). The van der Waals surface area contributed by atoms with E-state index in [2.05, 4.69) is 10.4 Å².